The fourth-order valence-corrected chi connectivity index (χ4v) is 4.84. The Morgan fingerprint density at radius 2 is 2.10 bits per heavy atom. The number of likely N-dealkylation sites (tertiary alicyclic amines) is 1. The van der Waals surface area contributed by atoms with Crippen molar-refractivity contribution in [2.45, 2.75) is 23.9 Å². The number of rotatable bonds is 1. The van der Waals surface area contributed by atoms with Crippen LogP contribution >= 0.6 is 15.9 Å². The molecule has 1 unspecified atom stereocenters. The highest BCUT2D eigenvalue weighted by Crippen LogP contribution is 2.37. The molecule has 0 bridgehead atoms. The number of carbonyl (C=O) groups is 1. The molecule has 1 saturated heterocycles. The number of sulfonamides is 1. The Morgan fingerprint density at radius 3 is 2.70 bits per heavy atom. The molecule has 5 nitrogen and oxygen atoms in total. The zero-order valence-electron chi connectivity index (χ0n) is 10.6. The molecular weight excluding hydrogens is 351 g/mol. The Kier molecular flexibility index (Phi) is 3.15. The van der Waals surface area contributed by atoms with Crippen molar-refractivity contribution in [3.63, 3.8) is 0 Å². The van der Waals surface area contributed by atoms with Gasteiger partial charge in [0.25, 0.3) is 0 Å². The summed E-state index contributed by atoms with van der Waals surface area (Å²) in [6.45, 7) is 0.422. The topological polar surface area (TPSA) is 57.7 Å². The van der Waals surface area contributed by atoms with Gasteiger partial charge in [0.1, 0.15) is 11.9 Å². The van der Waals surface area contributed by atoms with Gasteiger partial charge in [-0.05, 0) is 34.5 Å². The Bertz CT molecular complexity index is 707. The number of nitrogens with zero attached hydrogens (tertiary/aromatic N) is 2. The van der Waals surface area contributed by atoms with Gasteiger partial charge in [-0.15, -0.1) is 0 Å². The third kappa shape index (κ3) is 1.82. The highest BCUT2D eigenvalue weighted by Gasteiger charge is 2.46. The lowest BCUT2D eigenvalue weighted by molar-refractivity contribution is -0.129. The van der Waals surface area contributed by atoms with Crippen molar-refractivity contribution in [2.75, 3.05) is 13.6 Å². The van der Waals surface area contributed by atoms with E-state index in [-0.39, 0.29) is 27.4 Å². The number of likely N-dealkylation sites (N-methyl/N-ethyl adjacent to an activating group) is 1. The number of amides is 1. The minimum Gasteiger partial charge on any atom is -0.344 e. The normalized spacial score (nSPS) is 25.2. The second kappa shape index (κ2) is 4.51. The predicted molar refractivity (Wildman–Crippen MR) is 72.9 cm³/mol. The second-order valence-electron chi connectivity index (χ2n) is 4.95. The molecule has 2 aliphatic rings. The second-order valence-corrected chi connectivity index (χ2v) is 7.67. The fraction of sp³-hybridized carbons (Fsp3) is 0.417. The molecular formula is C12H12BrFN2O3S. The standard InChI is InChI=1S/C12H12BrFN2O3S/c1-15-5-4-9(12(15)17)16-6-7-10(20(16,18)19)3-2-8(13)11(7)14/h2-3,9H,4-6H2,1H3. The third-order valence-electron chi connectivity index (χ3n) is 3.80. The number of fused-ring (bicyclic) bond motifs is 1. The molecule has 8 heteroatoms. The summed E-state index contributed by atoms with van der Waals surface area (Å²) in [5, 5.41) is 0. The summed E-state index contributed by atoms with van der Waals surface area (Å²) in [6.07, 6.45) is 0.436. The molecule has 0 radical (unpaired) electrons. The van der Waals surface area contributed by atoms with Crippen LogP contribution in [0.3, 0.4) is 0 Å². The van der Waals surface area contributed by atoms with E-state index in [1.807, 2.05) is 0 Å². The average Bonchev–Trinajstić information content (AvgIpc) is 2.84. The monoisotopic (exact) mass is 362 g/mol. The molecule has 1 aromatic carbocycles. The van der Waals surface area contributed by atoms with Crippen molar-refractivity contribution in [3.8, 4) is 0 Å². The van der Waals surface area contributed by atoms with E-state index in [1.54, 1.807) is 7.05 Å². The highest BCUT2D eigenvalue weighted by atomic mass is 79.9. The molecule has 0 saturated carbocycles. The van der Waals surface area contributed by atoms with Crippen LogP contribution in [-0.2, 0) is 21.4 Å². The van der Waals surface area contributed by atoms with Crippen molar-refractivity contribution in [1.29, 1.82) is 0 Å². The van der Waals surface area contributed by atoms with Gasteiger partial charge in [-0.25, -0.2) is 12.8 Å². The molecule has 1 aromatic rings. The first-order valence-electron chi connectivity index (χ1n) is 6.07. The van der Waals surface area contributed by atoms with Gasteiger partial charge in [-0.1, -0.05) is 0 Å². The van der Waals surface area contributed by atoms with Gasteiger partial charge in [0.15, 0.2) is 0 Å². The third-order valence-corrected chi connectivity index (χ3v) is 6.35. The summed E-state index contributed by atoms with van der Waals surface area (Å²) < 4.78 is 40.3. The van der Waals surface area contributed by atoms with E-state index < -0.39 is 21.9 Å². The van der Waals surface area contributed by atoms with Crippen LogP contribution in [0.1, 0.15) is 12.0 Å². The lowest BCUT2D eigenvalue weighted by atomic mass is 10.2. The first-order chi connectivity index (χ1) is 9.34. The maximum atomic E-state index is 14.0. The number of halogens is 2. The molecule has 0 N–H and O–H groups in total. The van der Waals surface area contributed by atoms with Crippen LogP contribution in [0.25, 0.3) is 0 Å². The van der Waals surface area contributed by atoms with Crippen molar-refractivity contribution < 1.29 is 17.6 Å². The lowest BCUT2D eigenvalue weighted by Gasteiger charge is -2.20. The molecule has 0 aliphatic carbocycles. The molecule has 2 aliphatic heterocycles. The van der Waals surface area contributed by atoms with Gasteiger partial charge < -0.3 is 4.90 Å². The summed E-state index contributed by atoms with van der Waals surface area (Å²) in [7, 11) is -2.17. The van der Waals surface area contributed by atoms with Gasteiger partial charge in [0.05, 0.1) is 9.37 Å². The van der Waals surface area contributed by atoms with Crippen molar-refractivity contribution in [2.24, 2.45) is 0 Å². The molecule has 0 spiro atoms. The van der Waals surface area contributed by atoms with E-state index in [1.165, 1.54) is 17.0 Å². The van der Waals surface area contributed by atoms with Crippen molar-refractivity contribution in [1.82, 2.24) is 9.21 Å². The van der Waals surface area contributed by atoms with Crippen LogP contribution < -0.4 is 0 Å². The smallest absolute Gasteiger partial charge is 0.244 e. The van der Waals surface area contributed by atoms with Crippen LogP contribution in [-0.4, -0.2) is 43.2 Å². The SMILES string of the molecule is CN1CCC(N2Cc3c(ccc(Br)c3F)S2(=O)=O)C1=O. The summed E-state index contributed by atoms with van der Waals surface area (Å²) in [4.78, 5) is 13.5. The van der Waals surface area contributed by atoms with E-state index in [0.717, 1.165) is 4.31 Å². The molecule has 1 fully saturated rings. The average molecular weight is 363 g/mol. The van der Waals surface area contributed by atoms with Gasteiger partial charge in [-0.3, -0.25) is 4.79 Å². The van der Waals surface area contributed by atoms with Crippen LogP contribution in [0.15, 0.2) is 21.5 Å². The van der Waals surface area contributed by atoms with Crippen LogP contribution in [0, 0.1) is 5.82 Å². The fourth-order valence-electron chi connectivity index (χ4n) is 2.68. The summed E-state index contributed by atoms with van der Waals surface area (Å²) >= 11 is 3.05. The van der Waals surface area contributed by atoms with Crippen LogP contribution in [0.5, 0.6) is 0 Å². The van der Waals surface area contributed by atoms with Gasteiger partial charge in [0, 0.05) is 25.7 Å². The Labute approximate surface area is 124 Å². The minimum atomic E-state index is -3.80. The molecule has 0 aromatic heterocycles. The number of carbonyl (C=O) groups excluding carboxylic acids is 1. The summed E-state index contributed by atoms with van der Waals surface area (Å²) in [6, 6.07) is 2.02. The highest BCUT2D eigenvalue weighted by molar-refractivity contribution is 9.10. The molecule has 1 atom stereocenters. The summed E-state index contributed by atoms with van der Waals surface area (Å²) in [5.74, 6) is -0.812. The first-order valence-corrected chi connectivity index (χ1v) is 8.31. The van der Waals surface area contributed by atoms with Crippen molar-refractivity contribution >= 4 is 31.9 Å². The minimum absolute atomic E-state index is 0.0412. The molecule has 108 valence electrons. The zero-order valence-corrected chi connectivity index (χ0v) is 13.0. The van der Waals surface area contributed by atoms with E-state index in [2.05, 4.69) is 15.9 Å². The number of benzene rings is 1. The van der Waals surface area contributed by atoms with Gasteiger partial charge in [-0.2, -0.15) is 4.31 Å². The molecule has 3 rings (SSSR count). The lowest BCUT2D eigenvalue weighted by Crippen LogP contribution is -2.41. The van der Waals surface area contributed by atoms with E-state index in [0.29, 0.717) is 13.0 Å². The van der Waals surface area contributed by atoms with E-state index >= 15 is 0 Å². The number of hydrogen-bond acceptors (Lipinski definition) is 3. The van der Waals surface area contributed by atoms with Crippen LogP contribution in [0.4, 0.5) is 4.39 Å². The van der Waals surface area contributed by atoms with E-state index in [4.69, 9.17) is 0 Å². The zero-order chi connectivity index (χ0) is 14.7. The predicted octanol–water partition coefficient (Wildman–Crippen LogP) is 1.32. The maximum absolute atomic E-state index is 14.0. The molecule has 2 heterocycles. The molecule has 20 heavy (non-hydrogen) atoms. The van der Waals surface area contributed by atoms with E-state index in [9.17, 15) is 17.6 Å². The van der Waals surface area contributed by atoms with Gasteiger partial charge >= 0.3 is 0 Å². The van der Waals surface area contributed by atoms with Gasteiger partial charge in [0.2, 0.25) is 15.9 Å². The Balaban J connectivity index is 2.07. The van der Waals surface area contributed by atoms with Crippen molar-refractivity contribution in [3.05, 3.63) is 28.0 Å². The van der Waals surface area contributed by atoms with Crippen LogP contribution in [0.2, 0.25) is 0 Å². The largest absolute Gasteiger partial charge is 0.344 e. The molecule has 1 amide bonds. The Morgan fingerprint density at radius 1 is 1.40 bits per heavy atom. The summed E-state index contributed by atoms with van der Waals surface area (Å²) in [5.41, 5.74) is 0.127. The Hall–Kier alpha value is -0.990. The number of hydrogen-bond donors (Lipinski definition) is 0. The first kappa shape index (κ1) is 14.0. The maximum Gasteiger partial charge on any atom is 0.244 e. The quantitative estimate of drug-likeness (QED) is 0.756.